The summed E-state index contributed by atoms with van der Waals surface area (Å²) in [5, 5.41) is 2.51. The van der Waals surface area contributed by atoms with Crippen LogP contribution in [0.15, 0.2) is 24.7 Å². The highest BCUT2D eigenvalue weighted by atomic mass is 16.5. The van der Waals surface area contributed by atoms with Crippen molar-refractivity contribution >= 4 is 11.9 Å². The normalized spacial score (nSPS) is 13.1. The molecule has 2 aromatic rings. The molecule has 3 N–H and O–H groups in total. The fraction of sp³-hybridized carbons (Fsp3) is 0.474. The van der Waals surface area contributed by atoms with Crippen LogP contribution in [0.5, 0.6) is 5.88 Å². The summed E-state index contributed by atoms with van der Waals surface area (Å²) in [6.07, 6.45) is 3.31. The lowest BCUT2D eigenvalue weighted by molar-refractivity contribution is 0.187. The Labute approximate surface area is 159 Å². The number of carbonyl (C=O) groups is 1. The molecule has 1 atom stereocenters. The molecule has 0 spiro atoms. The maximum absolute atomic E-state index is 11.3. The SMILES string of the molecule is COC(=O)Nc1cc(-c2cnc(OCC(C)(N)CC(C)C)c(C)c2)ncn1. The first kappa shape index (κ1) is 20.6. The van der Waals surface area contributed by atoms with Crippen molar-refractivity contribution in [2.24, 2.45) is 11.7 Å². The molecule has 0 fully saturated rings. The Morgan fingerprint density at radius 3 is 2.67 bits per heavy atom. The Hall–Kier alpha value is -2.74. The molecule has 2 heterocycles. The number of amides is 1. The molecule has 0 aromatic carbocycles. The number of aryl methyl sites for hydroxylation is 1. The molecule has 0 radical (unpaired) electrons. The van der Waals surface area contributed by atoms with Gasteiger partial charge in [-0.2, -0.15) is 0 Å². The van der Waals surface area contributed by atoms with Crippen LogP contribution in [-0.4, -0.2) is 40.3 Å². The van der Waals surface area contributed by atoms with Crippen LogP contribution in [-0.2, 0) is 4.74 Å². The van der Waals surface area contributed by atoms with E-state index < -0.39 is 11.6 Å². The number of nitrogens with zero attached hydrogens (tertiary/aromatic N) is 3. The van der Waals surface area contributed by atoms with Crippen LogP contribution in [0.3, 0.4) is 0 Å². The van der Waals surface area contributed by atoms with E-state index in [-0.39, 0.29) is 0 Å². The Morgan fingerprint density at radius 2 is 2.04 bits per heavy atom. The number of rotatable bonds is 7. The molecule has 2 rings (SSSR count). The molecule has 0 saturated carbocycles. The lowest BCUT2D eigenvalue weighted by atomic mass is 9.93. The molecule has 0 aliphatic carbocycles. The second kappa shape index (κ2) is 8.77. The van der Waals surface area contributed by atoms with Crippen molar-refractivity contribution in [2.75, 3.05) is 19.0 Å². The van der Waals surface area contributed by atoms with Crippen molar-refractivity contribution in [3.63, 3.8) is 0 Å². The first-order chi connectivity index (χ1) is 12.7. The van der Waals surface area contributed by atoms with Crippen LogP contribution in [0, 0.1) is 12.8 Å². The van der Waals surface area contributed by atoms with E-state index in [1.54, 1.807) is 12.3 Å². The minimum absolute atomic E-state index is 0.345. The molecule has 146 valence electrons. The van der Waals surface area contributed by atoms with E-state index >= 15 is 0 Å². The van der Waals surface area contributed by atoms with Crippen molar-refractivity contribution in [1.82, 2.24) is 15.0 Å². The molecule has 0 aliphatic rings. The van der Waals surface area contributed by atoms with Crippen LogP contribution in [0.25, 0.3) is 11.3 Å². The van der Waals surface area contributed by atoms with Gasteiger partial charge in [0.15, 0.2) is 0 Å². The second-order valence-corrected chi connectivity index (χ2v) is 7.29. The van der Waals surface area contributed by atoms with Crippen molar-refractivity contribution in [1.29, 1.82) is 0 Å². The third-order valence-electron chi connectivity index (χ3n) is 3.82. The first-order valence-corrected chi connectivity index (χ1v) is 8.76. The van der Waals surface area contributed by atoms with Crippen molar-refractivity contribution < 1.29 is 14.3 Å². The quantitative estimate of drug-likeness (QED) is 0.766. The van der Waals surface area contributed by atoms with Gasteiger partial charge < -0.3 is 15.2 Å². The summed E-state index contributed by atoms with van der Waals surface area (Å²) < 4.78 is 10.4. The maximum atomic E-state index is 11.3. The molecular formula is C19H27N5O3. The number of hydrogen-bond donors (Lipinski definition) is 2. The highest BCUT2D eigenvalue weighted by molar-refractivity contribution is 5.83. The zero-order chi connectivity index (χ0) is 20.0. The van der Waals surface area contributed by atoms with Crippen molar-refractivity contribution in [2.45, 2.75) is 39.7 Å². The summed E-state index contributed by atoms with van der Waals surface area (Å²) >= 11 is 0. The monoisotopic (exact) mass is 373 g/mol. The van der Waals surface area contributed by atoms with Gasteiger partial charge >= 0.3 is 6.09 Å². The molecule has 27 heavy (non-hydrogen) atoms. The molecule has 0 aliphatic heterocycles. The number of anilines is 1. The number of carbonyl (C=O) groups excluding carboxylic acids is 1. The average Bonchev–Trinajstić information content (AvgIpc) is 2.59. The van der Waals surface area contributed by atoms with Crippen LogP contribution in [0.2, 0.25) is 0 Å². The van der Waals surface area contributed by atoms with Gasteiger partial charge in [-0.15, -0.1) is 0 Å². The number of nitrogens with two attached hydrogens (primary N) is 1. The van der Waals surface area contributed by atoms with Gasteiger partial charge in [-0.1, -0.05) is 13.8 Å². The summed E-state index contributed by atoms with van der Waals surface area (Å²) in [7, 11) is 1.29. The number of hydrogen-bond acceptors (Lipinski definition) is 7. The van der Waals surface area contributed by atoms with E-state index in [2.05, 4.69) is 38.9 Å². The molecule has 0 bridgehead atoms. The van der Waals surface area contributed by atoms with Crippen molar-refractivity contribution in [3.8, 4) is 17.1 Å². The molecule has 1 amide bonds. The predicted molar refractivity (Wildman–Crippen MR) is 104 cm³/mol. The van der Waals surface area contributed by atoms with Crippen LogP contribution in [0.4, 0.5) is 10.6 Å². The fourth-order valence-electron chi connectivity index (χ4n) is 2.82. The first-order valence-electron chi connectivity index (χ1n) is 8.76. The molecule has 8 nitrogen and oxygen atoms in total. The summed E-state index contributed by atoms with van der Waals surface area (Å²) in [6.45, 7) is 8.55. The highest BCUT2D eigenvalue weighted by Gasteiger charge is 2.21. The van der Waals surface area contributed by atoms with Crippen molar-refractivity contribution in [3.05, 3.63) is 30.2 Å². The fourth-order valence-corrected chi connectivity index (χ4v) is 2.82. The van der Waals surface area contributed by atoms with E-state index in [0.29, 0.717) is 29.9 Å². The second-order valence-electron chi connectivity index (χ2n) is 7.29. The standard InChI is InChI=1S/C19H27N5O3/c1-12(2)8-19(4,20)10-27-17-13(3)6-14(9-21-17)15-7-16(23-11-22-15)24-18(25)26-5/h6-7,9,11-12H,8,10,20H2,1-5H3,(H,22,23,24,25). The van der Waals surface area contributed by atoms with E-state index in [0.717, 1.165) is 17.5 Å². The lowest BCUT2D eigenvalue weighted by Crippen LogP contribution is -2.43. The maximum Gasteiger partial charge on any atom is 0.412 e. The average molecular weight is 373 g/mol. The molecule has 2 aromatic heterocycles. The van der Waals surface area contributed by atoms with Gasteiger partial charge in [-0.25, -0.2) is 19.7 Å². The predicted octanol–water partition coefficient (Wildman–Crippen LogP) is 3.17. The Balaban J connectivity index is 2.12. The third kappa shape index (κ3) is 6.18. The van der Waals surface area contributed by atoms with Gasteiger partial charge in [0.2, 0.25) is 5.88 Å². The molecule has 1 unspecified atom stereocenters. The minimum atomic E-state index is -0.594. The zero-order valence-corrected chi connectivity index (χ0v) is 16.4. The van der Waals surface area contributed by atoms with Crippen LogP contribution in [0.1, 0.15) is 32.8 Å². The van der Waals surface area contributed by atoms with Gasteiger partial charge in [0.05, 0.1) is 12.8 Å². The smallest absolute Gasteiger partial charge is 0.412 e. The van der Waals surface area contributed by atoms with E-state index in [9.17, 15) is 4.79 Å². The topological polar surface area (TPSA) is 112 Å². The number of aromatic nitrogens is 3. The van der Waals surface area contributed by atoms with E-state index in [1.165, 1.54) is 13.4 Å². The summed E-state index contributed by atoms with van der Waals surface area (Å²) in [6, 6.07) is 3.57. The van der Waals surface area contributed by atoms with Gasteiger partial charge in [0, 0.05) is 28.9 Å². The number of nitrogens with one attached hydrogen (secondary N) is 1. The van der Waals surface area contributed by atoms with E-state index in [4.69, 9.17) is 10.5 Å². The largest absolute Gasteiger partial charge is 0.476 e. The van der Waals surface area contributed by atoms with Gasteiger partial charge in [0.1, 0.15) is 18.8 Å². The summed E-state index contributed by atoms with van der Waals surface area (Å²) in [4.78, 5) is 23.9. The number of methoxy groups -OCH3 is 1. The lowest BCUT2D eigenvalue weighted by Gasteiger charge is -2.26. The van der Waals surface area contributed by atoms with Gasteiger partial charge in [-0.05, 0) is 32.3 Å². The Morgan fingerprint density at radius 1 is 1.30 bits per heavy atom. The van der Waals surface area contributed by atoms with Gasteiger partial charge in [-0.3, -0.25) is 5.32 Å². The summed E-state index contributed by atoms with van der Waals surface area (Å²) in [5.41, 5.74) is 8.16. The van der Waals surface area contributed by atoms with Gasteiger partial charge in [0.25, 0.3) is 0 Å². The van der Waals surface area contributed by atoms with Crippen LogP contribution >= 0.6 is 0 Å². The molecule has 8 heteroatoms. The Bertz CT molecular complexity index is 793. The number of ether oxygens (including phenoxy) is 2. The molecular weight excluding hydrogens is 346 g/mol. The minimum Gasteiger partial charge on any atom is -0.476 e. The zero-order valence-electron chi connectivity index (χ0n) is 16.4. The third-order valence-corrected chi connectivity index (χ3v) is 3.82. The molecule has 0 saturated heterocycles. The van der Waals surface area contributed by atoms with Crippen LogP contribution < -0.4 is 15.8 Å². The Kier molecular flexibility index (Phi) is 6.68. The summed E-state index contributed by atoms with van der Waals surface area (Å²) in [5.74, 6) is 1.38. The van der Waals surface area contributed by atoms with E-state index in [1.807, 2.05) is 19.9 Å². The highest BCUT2D eigenvalue weighted by Crippen LogP contribution is 2.24. The number of pyridine rings is 1.